The van der Waals surface area contributed by atoms with E-state index < -0.39 is 11.4 Å². The number of carbonyl (C=O) groups excluding carboxylic acids is 2. The first-order valence-corrected chi connectivity index (χ1v) is 9.55. The number of ether oxygens (including phenoxy) is 1. The van der Waals surface area contributed by atoms with Crippen LogP contribution in [-0.2, 0) is 19.7 Å². The lowest BCUT2D eigenvalue weighted by molar-refractivity contribution is -0.139. The van der Waals surface area contributed by atoms with Crippen molar-refractivity contribution in [1.82, 2.24) is 0 Å². The molecule has 4 nitrogen and oxygen atoms in total. The fourth-order valence-corrected chi connectivity index (χ4v) is 3.32. The maximum atomic E-state index is 13.5. The summed E-state index contributed by atoms with van der Waals surface area (Å²) < 4.78 is 4.93. The average molecular weight is 385 g/mol. The molecular weight excluding hydrogens is 362 g/mol. The smallest absolute Gasteiger partial charge is 0.303 e. The van der Waals surface area contributed by atoms with Gasteiger partial charge in [-0.25, -0.2) is 0 Å². The third-order valence-electron chi connectivity index (χ3n) is 4.87. The largest absolute Gasteiger partial charge is 0.453 e. The highest BCUT2D eigenvalue weighted by molar-refractivity contribution is 6.07. The van der Waals surface area contributed by atoms with Gasteiger partial charge in [0, 0.05) is 18.0 Å². The van der Waals surface area contributed by atoms with Gasteiger partial charge in [0.25, 0.3) is 0 Å². The van der Waals surface area contributed by atoms with E-state index >= 15 is 0 Å². The van der Waals surface area contributed by atoms with Crippen molar-refractivity contribution in [3.63, 3.8) is 0 Å². The summed E-state index contributed by atoms with van der Waals surface area (Å²) in [6.07, 6.45) is 0.473. The van der Waals surface area contributed by atoms with E-state index in [9.17, 15) is 9.59 Å². The highest BCUT2D eigenvalue weighted by Crippen LogP contribution is 2.31. The molecule has 0 heterocycles. The van der Waals surface area contributed by atoms with Gasteiger partial charge >= 0.3 is 5.97 Å². The predicted molar refractivity (Wildman–Crippen MR) is 115 cm³/mol. The third-order valence-corrected chi connectivity index (χ3v) is 4.87. The van der Waals surface area contributed by atoms with Crippen LogP contribution in [0.1, 0.15) is 25.8 Å². The van der Waals surface area contributed by atoms with Crippen LogP contribution in [-0.4, -0.2) is 18.5 Å². The van der Waals surface area contributed by atoms with E-state index in [1.165, 1.54) is 6.92 Å². The van der Waals surface area contributed by atoms with Gasteiger partial charge in [-0.05, 0) is 23.4 Å². The molecule has 0 unspecified atom stereocenters. The number of hydrogen-bond donors (Lipinski definition) is 1. The van der Waals surface area contributed by atoms with Crippen molar-refractivity contribution in [3.8, 4) is 11.8 Å². The number of nitrogens with one attached hydrogen (secondary N) is 1. The van der Waals surface area contributed by atoms with Crippen LogP contribution in [0.2, 0.25) is 0 Å². The van der Waals surface area contributed by atoms with Gasteiger partial charge in [0.2, 0.25) is 5.91 Å². The Morgan fingerprint density at radius 1 is 0.966 bits per heavy atom. The molecule has 0 aliphatic carbocycles. The Bertz CT molecular complexity index is 1070. The number of rotatable bonds is 5. The molecule has 3 aromatic carbocycles. The molecule has 3 aromatic rings. The van der Waals surface area contributed by atoms with Gasteiger partial charge in [0.15, 0.2) is 6.61 Å². The number of anilines is 1. The first kappa shape index (κ1) is 20.2. The number of hydrogen-bond acceptors (Lipinski definition) is 3. The Hall–Kier alpha value is -3.58. The zero-order chi connectivity index (χ0) is 20.7. The average Bonchev–Trinajstić information content (AvgIpc) is 2.75. The molecule has 4 heteroatoms. The van der Waals surface area contributed by atoms with Crippen molar-refractivity contribution >= 4 is 28.3 Å². The lowest BCUT2D eigenvalue weighted by atomic mass is 9.77. The number of benzene rings is 3. The minimum atomic E-state index is -1.06. The van der Waals surface area contributed by atoms with Crippen LogP contribution in [0.3, 0.4) is 0 Å². The molecule has 1 atom stereocenters. The summed E-state index contributed by atoms with van der Waals surface area (Å²) in [5.41, 5.74) is 0.484. The predicted octanol–water partition coefficient (Wildman–Crippen LogP) is 4.69. The third kappa shape index (κ3) is 4.47. The Morgan fingerprint density at radius 2 is 1.66 bits per heavy atom. The summed E-state index contributed by atoms with van der Waals surface area (Å²) in [4.78, 5) is 24.6. The van der Waals surface area contributed by atoms with Crippen LogP contribution < -0.4 is 5.32 Å². The highest BCUT2D eigenvalue weighted by Gasteiger charge is 2.37. The molecule has 3 rings (SSSR count). The van der Waals surface area contributed by atoms with Crippen molar-refractivity contribution in [2.24, 2.45) is 0 Å². The van der Waals surface area contributed by atoms with Crippen molar-refractivity contribution in [2.45, 2.75) is 25.7 Å². The van der Waals surface area contributed by atoms with E-state index in [2.05, 4.69) is 17.2 Å². The van der Waals surface area contributed by atoms with Gasteiger partial charge < -0.3 is 10.1 Å². The molecule has 146 valence electrons. The molecule has 29 heavy (non-hydrogen) atoms. The molecule has 0 fully saturated rings. The second-order valence-electron chi connectivity index (χ2n) is 6.69. The second kappa shape index (κ2) is 9.07. The summed E-state index contributed by atoms with van der Waals surface area (Å²) >= 11 is 0. The SMILES string of the molecule is CC[C@](C#CCOC(C)=O)(C(=O)Nc1cccc2ccccc12)c1ccccc1. The maximum Gasteiger partial charge on any atom is 0.303 e. The van der Waals surface area contributed by atoms with Crippen molar-refractivity contribution < 1.29 is 14.3 Å². The zero-order valence-corrected chi connectivity index (χ0v) is 16.6. The minimum absolute atomic E-state index is 0.0501. The molecule has 0 aliphatic rings. The standard InChI is InChI=1S/C25H23NO3/c1-3-25(17-10-18-29-19(2)27,21-13-5-4-6-14-21)24(28)26-23-16-9-12-20-11-7-8-15-22(20)23/h4-9,11-16H,3,18H2,1-2H3,(H,26,28)/t25-/m1/s1. The fourth-order valence-electron chi connectivity index (χ4n) is 3.32. The van der Waals surface area contributed by atoms with Gasteiger partial charge in [-0.3, -0.25) is 9.59 Å². The van der Waals surface area contributed by atoms with Crippen LogP contribution in [0, 0.1) is 11.8 Å². The van der Waals surface area contributed by atoms with Crippen molar-refractivity contribution in [3.05, 3.63) is 78.4 Å². The zero-order valence-electron chi connectivity index (χ0n) is 16.6. The van der Waals surface area contributed by atoms with E-state index in [4.69, 9.17) is 4.74 Å². The van der Waals surface area contributed by atoms with Crippen LogP contribution in [0.25, 0.3) is 10.8 Å². The van der Waals surface area contributed by atoms with E-state index in [-0.39, 0.29) is 12.5 Å². The van der Waals surface area contributed by atoms with E-state index in [1.807, 2.05) is 79.7 Å². The quantitative estimate of drug-likeness (QED) is 0.512. The lowest BCUT2D eigenvalue weighted by Crippen LogP contribution is -2.39. The Labute approximate surface area is 170 Å². The molecule has 1 amide bonds. The number of esters is 1. The van der Waals surface area contributed by atoms with Gasteiger partial charge in [-0.15, -0.1) is 0 Å². The summed E-state index contributed by atoms with van der Waals surface area (Å²) in [5.74, 6) is 5.33. The van der Waals surface area contributed by atoms with Crippen molar-refractivity contribution in [1.29, 1.82) is 0 Å². The monoisotopic (exact) mass is 385 g/mol. The van der Waals surface area contributed by atoms with E-state index in [0.717, 1.165) is 22.0 Å². The minimum Gasteiger partial charge on any atom is -0.453 e. The van der Waals surface area contributed by atoms with Crippen molar-refractivity contribution in [2.75, 3.05) is 11.9 Å². The second-order valence-corrected chi connectivity index (χ2v) is 6.69. The topological polar surface area (TPSA) is 55.4 Å². The molecule has 1 N–H and O–H groups in total. The summed E-state index contributed by atoms with van der Waals surface area (Å²) in [6, 6.07) is 23.2. The number of carbonyl (C=O) groups is 2. The molecule has 0 radical (unpaired) electrons. The van der Waals surface area contributed by atoms with E-state index in [0.29, 0.717) is 6.42 Å². The first-order valence-electron chi connectivity index (χ1n) is 9.55. The van der Waals surface area contributed by atoms with Gasteiger partial charge in [-0.1, -0.05) is 85.5 Å². The summed E-state index contributed by atoms with van der Waals surface area (Å²) in [7, 11) is 0. The lowest BCUT2D eigenvalue weighted by Gasteiger charge is -2.27. The van der Waals surface area contributed by atoms with E-state index in [1.54, 1.807) is 0 Å². The Balaban J connectivity index is 2.00. The van der Waals surface area contributed by atoms with Crippen LogP contribution in [0.4, 0.5) is 5.69 Å². The highest BCUT2D eigenvalue weighted by atomic mass is 16.5. The number of amides is 1. The van der Waals surface area contributed by atoms with Crippen LogP contribution >= 0.6 is 0 Å². The molecule has 0 saturated heterocycles. The normalized spacial score (nSPS) is 12.3. The Kier molecular flexibility index (Phi) is 6.31. The summed E-state index contributed by atoms with van der Waals surface area (Å²) in [6.45, 7) is 3.21. The maximum absolute atomic E-state index is 13.5. The van der Waals surface area contributed by atoms with Gasteiger partial charge in [-0.2, -0.15) is 0 Å². The fraction of sp³-hybridized carbons (Fsp3) is 0.200. The van der Waals surface area contributed by atoms with Crippen LogP contribution in [0.15, 0.2) is 72.8 Å². The van der Waals surface area contributed by atoms with Gasteiger partial charge in [0.05, 0.1) is 0 Å². The molecule has 0 aromatic heterocycles. The summed E-state index contributed by atoms with van der Waals surface area (Å²) in [5, 5.41) is 5.09. The number of fused-ring (bicyclic) bond motifs is 1. The first-order chi connectivity index (χ1) is 14.1. The van der Waals surface area contributed by atoms with Crippen LogP contribution in [0.5, 0.6) is 0 Å². The molecule has 0 spiro atoms. The Morgan fingerprint density at radius 3 is 2.38 bits per heavy atom. The molecule has 0 saturated carbocycles. The van der Waals surface area contributed by atoms with Gasteiger partial charge in [0.1, 0.15) is 5.41 Å². The molecule has 0 bridgehead atoms. The molecule has 0 aliphatic heterocycles. The molecular formula is C25H23NO3.